The number of hydrogen-bond acceptors (Lipinski definition) is 8. The molecule has 2 heterocycles. The number of fused-ring (bicyclic) bond motifs is 4. The molecule has 2 aromatic carbocycles. The molecule has 4 aliphatic rings. The summed E-state index contributed by atoms with van der Waals surface area (Å²) in [6.07, 6.45) is 1.80. The highest BCUT2D eigenvalue weighted by Crippen LogP contribution is 2.65. The van der Waals surface area contributed by atoms with E-state index in [0.717, 1.165) is 9.80 Å². The van der Waals surface area contributed by atoms with E-state index in [0.29, 0.717) is 11.1 Å². The standard InChI is InChI=1S/C29H26BBrCl2N2O8/c1-2-43-21-10-14(6-9-20(21)36)23-17-7-8-18-22(19(17)12-28(32)26(39)34(13-31)27(40)29(23,28)33)25(38)35(24(18)37)16-5-3-4-15(11-16)30(41)42/h3-7,9-11,18-19,22-23,36,41-42H,2,8,12-13H2,1H3/t18-,19+,22-,23-,28+,29-/m0/s1. The van der Waals surface area contributed by atoms with Gasteiger partial charge in [0.05, 0.1) is 29.6 Å². The van der Waals surface area contributed by atoms with Crippen molar-refractivity contribution in [1.29, 1.82) is 0 Å². The van der Waals surface area contributed by atoms with E-state index in [9.17, 15) is 34.3 Å². The molecule has 43 heavy (non-hydrogen) atoms. The first-order valence-corrected chi connectivity index (χ1v) is 15.6. The first-order chi connectivity index (χ1) is 20.4. The Morgan fingerprint density at radius 1 is 1.05 bits per heavy atom. The van der Waals surface area contributed by atoms with E-state index in [1.807, 2.05) is 0 Å². The SMILES string of the molecule is CCOc1cc([C@H]2C3=CC[C@@H]4C(=O)N(c5cccc(B(O)O)c5)C(=O)[C@@H]4[C@@H]3C[C@@]3(Cl)C(=O)N(CBr)C(=O)[C@@]23Cl)ccc1O. The monoisotopic (exact) mass is 690 g/mol. The summed E-state index contributed by atoms with van der Waals surface area (Å²) in [5.41, 5.74) is 1.20. The van der Waals surface area contributed by atoms with Crippen LogP contribution in [0.4, 0.5) is 5.69 Å². The third-order valence-corrected chi connectivity index (χ3v) is 11.0. The molecule has 4 amide bonds. The van der Waals surface area contributed by atoms with Crippen LogP contribution in [0.15, 0.2) is 54.1 Å². The molecule has 2 aliphatic heterocycles. The molecule has 1 saturated carbocycles. The van der Waals surface area contributed by atoms with E-state index >= 15 is 0 Å². The summed E-state index contributed by atoms with van der Waals surface area (Å²) in [6.45, 7) is 2.00. The third kappa shape index (κ3) is 4.14. The Morgan fingerprint density at radius 2 is 1.79 bits per heavy atom. The number of allylic oxidation sites excluding steroid dienone is 2. The number of benzene rings is 2. The van der Waals surface area contributed by atoms with Gasteiger partial charge in [-0.05, 0) is 61.0 Å². The van der Waals surface area contributed by atoms with Gasteiger partial charge in [0.15, 0.2) is 21.2 Å². The van der Waals surface area contributed by atoms with Crippen molar-refractivity contribution in [3.63, 3.8) is 0 Å². The Hall–Kier alpha value is -2.90. The smallest absolute Gasteiger partial charge is 0.488 e. The lowest BCUT2D eigenvalue weighted by molar-refractivity contribution is -0.138. The Balaban J connectivity index is 1.50. The number of imide groups is 2. The average molecular weight is 692 g/mol. The molecule has 224 valence electrons. The van der Waals surface area contributed by atoms with Gasteiger partial charge in [-0.25, -0.2) is 0 Å². The number of carbonyl (C=O) groups excluding carboxylic acids is 4. The molecule has 6 rings (SSSR count). The van der Waals surface area contributed by atoms with Crippen LogP contribution in [-0.2, 0) is 19.2 Å². The molecule has 3 N–H and O–H groups in total. The largest absolute Gasteiger partial charge is 0.504 e. The zero-order chi connectivity index (χ0) is 31.0. The van der Waals surface area contributed by atoms with Crippen LogP contribution in [0.5, 0.6) is 11.5 Å². The van der Waals surface area contributed by atoms with E-state index in [4.69, 9.17) is 27.9 Å². The number of nitrogens with zero attached hydrogens (tertiary/aromatic N) is 2. The van der Waals surface area contributed by atoms with Gasteiger partial charge in [-0.3, -0.25) is 29.0 Å². The molecule has 10 nitrogen and oxygen atoms in total. The van der Waals surface area contributed by atoms with Gasteiger partial charge in [-0.2, -0.15) is 0 Å². The molecule has 0 bridgehead atoms. The van der Waals surface area contributed by atoms with Gasteiger partial charge in [0.25, 0.3) is 11.8 Å². The van der Waals surface area contributed by atoms with E-state index in [1.54, 1.807) is 25.1 Å². The second-order valence-corrected chi connectivity index (χ2v) is 12.9. The van der Waals surface area contributed by atoms with E-state index in [2.05, 4.69) is 15.9 Å². The summed E-state index contributed by atoms with van der Waals surface area (Å²) >= 11 is 17.7. The van der Waals surface area contributed by atoms with Gasteiger partial charge in [0, 0.05) is 5.92 Å². The zero-order valence-corrected chi connectivity index (χ0v) is 25.8. The lowest BCUT2D eigenvalue weighted by Gasteiger charge is -2.50. The van der Waals surface area contributed by atoms with Gasteiger partial charge < -0.3 is 19.9 Å². The van der Waals surface area contributed by atoms with Crippen molar-refractivity contribution in [1.82, 2.24) is 4.90 Å². The fourth-order valence-electron chi connectivity index (χ4n) is 7.19. The van der Waals surface area contributed by atoms with E-state index in [1.165, 1.54) is 30.3 Å². The molecular weight excluding hydrogens is 666 g/mol. The highest BCUT2D eigenvalue weighted by atomic mass is 79.9. The molecule has 0 spiro atoms. The predicted molar refractivity (Wildman–Crippen MR) is 161 cm³/mol. The molecule has 2 saturated heterocycles. The molecule has 2 aliphatic carbocycles. The van der Waals surface area contributed by atoms with Crippen molar-refractivity contribution in [3.05, 3.63) is 59.7 Å². The number of anilines is 1. The molecule has 2 aromatic rings. The average Bonchev–Trinajstić information content (AvgIpc) is 3.32. The number of likely N-dealkylation sites (tertiary alicyclic amines) is 1. The lowest BCUT2D eigenvalue weighted by Crippen LogP contribution is -2.60. The summed E-state index contributed by atoms with van der Waals surface area (Å²) in [5.74, 6) is -5.80. The van der Waals surface area contributed by atoms with Crippen molar-refractivity contribution in [2.24, 2.45) is 17.8 Å². The number of ether oxygens (including phenoxy) is 1. The van der Waals surface area contributed by atoms with Crippen LogP contribution in [0, 0.1) is 17.8 Å². The molecular formula is C29H26BBrCl2N2O8. The van der Waals surface area contributed by atoms with Crippen molar-refractivity contribution in [3.8, 4) is 11.5 Å². The summed E-state index contributed by atoms with van der Waals surface area (Å²) in [5, 5.41) is 29.7. The van der Waals surface area contributed by atoms with Gasteiger partial charge >= 0.3 is 7.12 Å². The third-order valence-electron chi connectivity index (χ3n) is 9.06. The van der Waals surface area contributed by atoms with Crippen LogP contribution in [0.1, 0.15) is 31.2 Å². The molecule has 14 heteroatoms. The minimum Gasteiger partial charge on any atom is -0.504 e. The first kappa shape index (κ1) is 30.1. The van der Waals surface area contributed by atoms with Crippen LogP contribution >= 0.6 is 39.1 Å². The number of phenols is 1. The van der Waals surface area contributed by atoms with E-state index in [-0.39, 0.29) is 47.6 Å². The molecule has 6 atom stereocenters. The maximum atomic E-state index is 14.1. The number of phenolic OH excluding ortho intramolecular Hbond substituents is 1. The van der Waals surface area contributed by atoms with Gasteiger partial charge in [-0.1, -0.05) is 45.8 Å². The Bertz CT molecular complexity index is 1610. The topological polar surface area (TPSA) is 145 Å². The molecule has 0 unspecified atom stereocenters. The highest BCUT2D eigenvalue weighted by Gasteiger charge is 2.76. The van der Waals surface area contributed by atoms with Gasteiger partial charge in [0.1, 0.15) is 0 Å². The van der Waals surface area contributed by atoms with E-state index < -0.39 is 64.2 Å². The van der Waals surface area contributed by atoms with Crippen molar-refractivity contribution in [2.45, 2.75) is 35.4 Å². The summed E-state index contributed by atoms with van der Waals surface area (Å²) in [4.78, 5) is 53.5. The normalized spacial score (nSPS) is 31.5. The van der Waals surface area contributed by atoms with Crippen LogP contribution in [0.2, 0.25) is 0 Å². The second kappa shape index (κ2) is 10.6. The van der Waals surface area contributed by atoms with Crippen molar-refractivity contribution >= 4 is 81.0 Å². The van der Waals surface area contributed by atoms with Gasteiger partial charge in [-0.15, -0.1) is 23.2 Å². The number of halogens is 3. The number of rotatable bonds is 6. The van der Waals surface area contributed by atoms with Crippen molar-refractivity contribution in [2.75, 3.05) is 17.0 Å². The zero-order valence-electron chi connectivity index (χ0n) is 22.7. The quantitative estimate of drug-likeness (QED) is 0.138. The number of carbonyl (C=O) groups is 4. The maximum absolute atomic E-state index is 14.1. The van der Waals surface area contributed by atoms with Crippen LogP contribution in [0.3, 0.4) is 0 Å². The predicted octanol–water partition coefficient (Wildman–Crippen LogP) is 2.39. The van der Waals surface area contributed by atoms with Crippen LogP contribution in [0.25, 0.3) is 0 Å². The second-order valence-electron chi connectivity index (χ2n) is 11.1. The van der Waals surface area contributed by atoms with Crippen molar-refractivity contribution < 1.29 is 39.1 Å². The van der Waals surface area contributed by atoms with Crippen LogP contribution in [-0.4, -0.2) is 72.6 Å². The fraction of sp³-hybridized carbons (Fsp3) is 0.379. The maximum Gasteiger partial charge on any atom is 0.488 e. The minimum absolute atomic E-state index is 0.110. The summed E-state index contributed by atoms with van der Waals surface area (Å²) < 4.78 is 5.60. The molecule has 0 aromatic heterocycles. The summed E-state index contributed by atoms with van der Waals surface area (Å²) in [6, 6.07) is 10.4. The molecule has 0 radical (unpaired) electrons. The number of amides is 4. The minimum atomic E-state index is -1.98. The fourth-order valence-corrected chi connectivity index (χ4v) is 8.61. The Labute approximate surface area is 265 Å². The Kier molecular flexibility index (Phi) is 7.45. The first-order valence-electron chi connectivity index (χ1n) is 13.7. The highest BCUT2D eigenvalue weighted by molar-refractivity contribution is 9.09. The molecule has 3 fully saturated rings. The van der Waals surface area contributed by atoms with Gasteiger partial charge in [0.2, 0.25) is 11.8 Å². The number of hydrogen-bond donors (Lipinski definition) is 3. The Morgan fingerprint density at radius 3 is 2.47 bits per heavy atom. The van der Waals surface area contributed by atoms with Crippen LogP contribution < -0.4 is 15.1 Å². The number of alkyl halides is 3. The lowest BCUT2D eigenvalue weighted by atomic mass is 9.56. The summed E-state index contributed by atoms with van der Waals surface area (Å²) in [7, 11) is -1.80. The number of aromatic hydroxyl groups is 1.